The van der Waals surface area contributed by atoms with Gasteiger partial charge in [-0.05, 0) is 18.8 Å². The molecular weight excluding hydrogens is 208 g/mol. The van der Waals surface area contributed by atoms with Crippen LogP contribution in [0.3, 0.4) is 0 Å². The van der Waals surface area contributed by atoms with E-state index in [-0.39, 0.29) is 17.8 Å². The minimum absolute atomic E-state index is 0.0748. The molecule has 1 aliphatic carbocycles. The lowest BCUT2D eigenvalue weighted by Crippen LogP contribution is -2.39. The Hall–Kier alpha value is -1.43. The number of hydrogen-bond acceptors (Lipinski definition) is 5. The van der Waals surface area contributed by atoms with Crippen LogP contribution in [0.15, 0.2) is 4.42 Å². The van der Waals surface area contributed by atoms with Gasteiger partial charge in [-0.2, -0.15) is 0 Å². The van der Waals surface area contributed by atoms with Gasteiger partial charge in [-0.25, -0.2) is 0 Å². The maximum atomic E-state index is 11.6. The van der Waals surface area contributed by atoms with Gasteiger partial charge >= 0.3 is 6.01 Å². The summed E-state index contributed by atoms with van der Waals surface area (Å²) < 4.78 is 5.30. The minimum atomic E-state index is -0.559. The monoisotopic (exact) mass is 224 g/mol. The van der Waals surface area contributed by atoms with E-state index in [2.05, 4.69) is 15.5 Å². The van der Waals surface area contributed by atoms with Crippen LogP contribution in [0.2, 0.25) is 0 Å². The van der Waals surface area contributed by atoms with E-state index >= 15 is 0 Å². The number of amides is 1. The maximum Gasteiger partial charge on any atom is 0.322 e. The van der Waals surface area contributed by atoms with Crippen molar-refractivity contribution >= 4 is 11.9 Å². The number of rotatable bonds is 4. The third-order valence-electron chi connectivity index (χ3n) is 2.62. The molecule has 1 atom stereocenters. The van der Waals surface area contributed by atoms with Crippen molar-refractivity contribution in [2.24, 2.45) is 11.7 Å². The molecule has 1 fully saturated rings. The van der Waals surface area contributed by atoms with Crippen molar-refractivity contribution in [3.63, 3.8) is 0 Å². The summed E-state index contributed by atoms with van der Waals surface area (Å²) in [7, 11) is 0. The molecule has 1 amide bonds. The maximum absolute atomic E-state index is 11.6. The summed E-state index contributed by atoms with van der Waals surface area (Å²) in [4.78, 5) is 11.6. The van der Waals surface area contributed by atoms with Gasteiger partial charge in [-0.15, -0.1) is 5.10 Å². The highest BCUT2D eigenvalue weighted by atomic mass is 16.4. The van der Waals surface area contributed by atoms with E-state index in [9.17, 15) is 4.79 Å². The number of carbonyl (C=O) groups excluding carboxylic acids is 1. The van der Waals surface area contributed by atoms with Gasteiger partial charge in [0.25, 0.3) is 0 Å². The zero-order chi connectivity index (χ0) is 11.7. The van der Waals surface area contributed by atoms with Crippen molar-refractivity contribution < 1.29 is 9.21 Å². The van der Waals surface area contributed by atoms with Crippen molar-refractivity contribution in [1.29, 1.82) is 0 Å². The molecule has 0 saturated heterocycles. The smallest absolute Gasteiger partial charge is 0.322 e. The van der Waals surface area contributed by atoms with Crippen molar-refractivity contribution in [2.45, 2.75) is 38.6 Å². The normalized spacial score (nSPS) is 17.5. The topological polar surface area (TPSA) is 94.0 Å². The highest BCUT2D eigenvalue weighted by Gasteiger charge is 2.30. The second kappa shape index (κ2) is 4.21. The van der Waals surface area contributed by atoms with Crippen molar-refractivity contribution in [3.05, 3.63) is 5.89 Å². The highest BCUT2D eigenvalue weighted by molar-refractivity contribution is 5.92. The third kappa shape index (κ3) is 2.38. The summed E-state index contributed by atoms with van der Waals surface area (Å²) in [5.41, 5.74) is 5.68. The van der Waals surface area contributed by atoms with Crippen LogP contribution >= 0.6 is 0 Å². The van der Waals surface area contributed by atoms with E-state index in [1.165, 1.54) is 0 Å². The summed E-state index contributed by atoms with van der Waals surface area (Å²) >= 11 is 0. The van der Waals surface area contributed by atoms with E-state index < -0.39 is 6.04 Å². The summed E-state index contributed by atoms with van der Waals surface area (Å²) in [6.45, 7) is 3.77. The van der Waals surface area contributed by atoms with Crippen LogP contribution < -0.4 is 11.1 Å². The molecule has 1 aromatic heterocycles. The summed E-state index contributed by atoms with van der Waals surface area (Å²) in [5.74, 6) is 0.775. The molecule has 0 spiro atoms. The number of anilines is 1. The zero-order valence-electron chi connectivity index (χ0n) is 9.43. The molecule has 0 aromatic carbocycles. The molecule has 6 heteroatoms. The molecular formula is C10H16N4O2. The largest absolute Gasteiger partial charge is 0.408 e. The molecule has 1 heterocycles. The third-order valence-corrected chi connectivity index (χ3v) is 2.62. The number of carbonyl (C=O) groups is 1. The first-order valence-corrected chi connectivity index (χ1v) is 5.47. The van der Waals surface area contributed by atoms with Gasteiger partial charge in [0, 0.05) is 5.92 Å². The first-order chi connectivity index (χ1) is 7.58. The van der Waals surface area contributed by atoms with Crippen LogP contribution in [0, 0.1) is 5.92 Å². The van der Waals surface area contributed by atoms with Gasteiger partial charge in [-0.1, -0.05) is 18.9 Å². The fraction of sp³-hybridized carbons (Fsp3) is 0.700. The predicted octanol–water partition coefficient (Wildman–Crippen LogP) is 0.869. The molecule has 0 aliphatic heterocycles. The summed E-state index contributed by atoms with van der Waals surface area (Å²) in [5, 5.41) is 10.1. The number of nitrogens with two attached hydrogens (primary N) is 1. The molecule has 88 valence electrons. The van der Waals surface area contributed by atoms with Crippen LogP contribution in [0.4, 0.5) is 6.01 Å². The molecule has 0 unspecified atom stereocenters. The van der Waals surface area contributed by atoms with Crippen LogP contribution in [0.5, 0.6) is 0 Å². The second-order valence-corrected chi connectivity index (χ2v) is 4.48. The van der Waals surface area contributed by atoms with Crippen molar-refractivity contribution in [1.82, 2.24) is 10.2 Å². The van der Waals surface area contributed by atoms with E-state index in [0.29, 0.717) is 11.8 Å². The first kappa shape index (κ1) is 11.1. The molecule has 1 saturated carbocycles. The molecule has 1 aromatic rings. The van der Waals surface area contributed by atoms with Gasteiger partial charge < -0.3 is 10.2 Å². The standard InChI is InChI=1S/C10H16N4O2/c1-5(2)7(11)8(15)12-10-14-13-9(16-10)6-3-4-6/h5-7H,3-4,11H2,1-2H3,(H,12,14,15)/t7-/m1/s1. The number of nitrogens with one attached hydrogen (secondary N) is 1. The Morgan fingerprint density at radius 3 is 2.75 bits per heavy atom. The van der Waals surface area contributed by atoms with Gasteiger partial charge in [-0.3, -0.25) is 10.1 Å². The van der Waals surface area contributed by atoms with Crippen LogP contribution in [0.25, 0.3) is 0 Å². The van der Waals surface area contributed by atoms with Crippen molar-refractivity contribution in [3.8, 4) is 0 Å². The Balaban J connectivity index is 1.94. The lowest BCUT2D eigenvalue weighted by Gasteiger charge is -2.12. The zero-order valence-corrected chi connectivity index (χ0v) is 9.43. The highest BCUT2D eigenvalue weighted by Crippen LogP contribution is 2.39. The van der Waals surface area contributed by atoms with Crippen LogP contribution in [0.1, 0.15) is 38.5 Å². The Kier molecular flexibility index (Phi) is 2.91. The molecule has 6 nitrogen and oxygen atoms in total. The van der Waals surface area contributed by atoms with Gasteiger partial charge in [0.1, 0.15) is 0 Å². The molecule has 0 bridgehead atoms. The average molecular weight is 224 g/mol. The van der Waals surface area contributed by atoms with E-state index in [1.54, 1.807) is 0 Å². The van der Waals surface area contributed by atoms with E-state index in [0.717, 1.165) is 12.8 Å². The fourth-order valence-electron chi connectivity index (χ4n) is 1.27. The second-order valence-electron chi connectivity index (χ2n) is 4.48. The number of nitrogens with zero attached hydrogens (tertiary/aromatic N) is 2. The molecule has 16 heavy (non-hydrogen) atoms. The Morgan fingerprint density at radius 2 is 2.19 bits per heavy atom. The lowest BCUT2D eigenvalue weighted by molar-refractivity contribution is -0.118. The van der Waals surface area contributed by atoms with Gasteiger partial charge in [0.15, 0.2) is 0 Å². The number of aromatic nitrogens is 2. The lowest BCUT2D eigenvalue weighted by atomic mass is 10.1. The fourth-order valence-corrected chi connectivity index (χ4v) is 1.27. The number of hydrogen-bond donors (Lipinski definition) is 2. The Labute approximate surface area is 93.6 Å². The van der Waals surface area contributed by atoms with Crippen LogP contribution in [-0.2, 0) is 4.79 Å². The average Bonchev–Trinajstić information content (AvgIpc) is 2.99. The predicted molar refractivity (Wildman–Crippen MR) is 57.7 cm³/mol. The summed E-state index contributed by atoms with van der Waals surface area (Å²) in [6, 6.07) is -0.417. The molecule has 3 N–H and O–H groups in total. The van der Waals surface area contributed by atoms with Gasteiger partial charge in [0.05, 0.1) is 6.04 Å². The minimum Gasteiger partial charge on any atom is -0.408 e. The SMILES string of the molecule is CC(C)[C@@H](N)C(=O)Nc1nnc(C2CC2)o1. The first-order valence-electron chi connectivity index (χ1n) is 5.47. The van der Waals surface area contributed by atoms with Crippen molar-refractivity contribution in [2.75, 3.05) is 5.32 Å². The molecule has 2 rings (SSSR count). The molecule has 1 aliphatic rings. The quantitative estimate of drug-likeness (QED) is 0.791. The molecule has 0 radical (unpaired) electrons. The summed E-state index contributed by atoms with van der Waals surface area (Å²) in [6.07, 6.45) is 2.17. The Bertz CT molecular complexity index is 384. The van der Waals surface area contributed by atoms with Gasteiger partial charge in [0.2, 0.25) is 11.8 Å². The Morgan fingerprint density at radius 1 is 1.50 bits per heavy atom. The van der Waals surface area contributed by atoms with E-state index in [4.69, 9.17) is 10.2 Å². The van der Waals surface area contributed by atoms with E-state index in [1.807, 2.05) is 13.8 Å². The van der Waals surface area contributed by atoms with Crippen LogP contribution in [-0.4, -0.2) is 22.1 Å².